The van der Waals surface area contributed by atoms with E-state index in [-0.39, 0.29) is 0 Å². The Kier molecular flexibility index (Phi) is 6.21. The van der Waals surface area contributed by atoms with Crippen molar-refractivity contribution < 1.29 is 4.74 Å². The third-order valence-corrected chi connectivity index (χ3v) is 2.61. The first-order chi connectivity index (χ1) is 6.43. The van der Waals surface area contributed by atoms with Gasteiger partial charge in [0.15, 0.2) is 0 Å². The highest BCUT2D eigenvalue weighted by molar-refractivity contribution is 4.65. The van der Waals surface area contributed by atoms with Crippen molar-refractivity contribution in [3.8, 4) is 0 Å². The summed E-state index contributed by atoms with van der Waals surface area (Å²) in [4.78, 5) is 0. The first-order valence-electron chi connectivity index (χ1n) is 5.76. The summed E-state index contributed by atoms with van der Waals surface area (Å²) >= 11 is 0. The molecular formula is C11H23NO. The van der Waals surface area contributed by atoms with Crippen LogP contribution in [0.15, 0.2) is 0 Å². The Bertz CT molecular complexity index is 111. The molecule has 0 aromatic heterocycles. The summed E-state index contributed by atoms with van der Waals surface area (Å²) in [6, 6.07) is 0. The molecule has 0 bridgehead atoms. The van der Waals surface area contributed by atoms with Crippen molar-refractivity contribution in [2.24, 2.45) is 0 Å². The molecule has 0 spiro atoms. The second-order valence-electron chi connectivity index (χ2n) is 3.88. The molecule has 0 aliphatic heterocycles. The molecule has 1 fully saturated rings. The summed E-state index contributed by atoms with van der Waals surface area (Å²) in [6.45, 7) is 5.22. The molecule has 78 valence electrons. The first-order valence-corrected chi connectivity index (χ1v) is 5.76. The molecule has 13 heavy (non-hydrogen) atoms. The smallest absolute Gasteiger partial charge is 0.0594 e. The molecule has 1 N–H and O–H groups in total. The van der Waals surface area contributed by atoms with Crippen molar-refractivity contribution in [3.63, 3.8) is 0 Å². The summed E-state index contributed by atoms with van der Waals surface area (Å²) in [5.74, 6) is 0. The van der Waals surface area contributed by atoms with E-state index in [0.29, 0.717) is 6.10 Å². The van der Waals surface area contributed by atoms with Gasteiger partial charge < -0.3 is 10.1 Å². The number of rotatable bonds is 6. The summed E-state index contributed by atoms with van der Waals surface area (Å²) in [5.41, 5.74) is 0. The van der Waals surface area contributed by atoms with E-state index in [4.69, 9.17) is 4.74 Å². The number of hydrogen-bond donors (Lipinski definition) is 1. The average Bonchev–Trinajstić information content (AvgIpc) is 2.19. The lowest BCUT2D eigenvalue weighted by Gasteiger charge is -2.21. The lowest BCUT2D eigenvalue weighted by molar-refractivity contribution is 0.0304. The monoisotopic (exact) mass is 185 g/mol. The second-order valence-corrected chi connectivity index (χ2v) is 3.88. The highest BCUT2D eigenvalue weighted by atomic mass is 16.5. The first kappa shape index (κ1) is 11.0. The molecule has 1 aliphatic carbocycles. The largest absolute Gasteiger partial charge is 0.377 e. The molecule has 1 aliphatic rings. The minimum absolute atomic E-state index is 0.567. The predicted octanol–water partition coefficient (Wildman–Crippen LogP) is 2.34. The molecule has 1 rings (SSSR count). The second kappa shape index (κ2) is 7.34. The van der Waals surface area contributed by atoms with E-state index in [0.717, 1.165) is 19.7 Å². The van der Waals surface area contributed by atoms with Crippen molar-refractivity contribution in [1.82, 2.24) is 5.32 Å². The zero-order chi connectivity index (χ0) is 9.36. The van der Waals surface area contributed by atoms with Gasteiger partial charge in [0.2, 0.25) is 0 Å². The fraction of sp³-hybridized carbons (Fsp3) is 1.00. The Hall–Kier alpha value is -0.0800. The Labute approximate surface area is 82.0 Å². The van der Waals surface area contributed by atoms with Crippen molar-refractivity contribution in [1.29, 1.82) is 0 Å². The average molecular weight is 185 g/mol. The van der Waals surface area contributed by atoms with Gasteiger partial charge in [-0.05, 0) is 25.8 Å². The van der Waals surface area contributed by atoms with Crippen LogP contribution in [0.4, 0.5) is 0 Å². The zero-order valence-corrected chi connectivity index (χ0v) is 8.85. The number of nitrogens with one attached hydrogen (secondary N) is 1. The minimum Gasteiger partial charge on any atom is -0.377 e. The minimum atomic E-state index is 0.567. The van der Waals surface area contributed by atoms with E-state index < -0.39 is 0 Å². The fourth-order valence-corrected chi connectivity index (χ4v) is 1.83. The molecule has 0 saturated heterocycles. The normalized spacial score (nSPS) is 19.2. The maximum absolute atomic E-state index is 5.77. The van der Waals surface area contributed by atoms with Crippen molar-refractivity contribution in [3.05, 3.63) is 0 Å². The summed E-state index contributed by atoms with van der Waals surface area (Å²) in [7, 11) is 0. The van der Waals surface area contributed by atoms with Crippen LogP contribution in [0.2, 0.25) is 0 Å². The van der Waals surface area contributed by atoms with Gasteiger partial charge in [-0.1, -0.05) is 26.2 Å². The molecule has 0 aromatic rings. The highest BCUT2D eigenvalue weighted by Gasteiger charge is 2.12. The standard InChI is InChI=1S/C11H23NO/c1-2-8-12-9-10-13-11-6-4-3-5-7-11/h11-12H,2-10H2,1H3. The van der Waals surface area contributed by atoms with Crippen LogP contribution in [-0.2, 0) is 4.74 Å². The molecule has 0 aromatic carbocycles. The van der Waals surface area contributed by atoms with Gasteiger partial charge in [-0.3, -0.25) is 0 Å². The van der Waals surface area contributed by atoms with Crippen molar-refractivity contribution in [2.75, 3.05) is 19.7 Å². The Balaban J connectivity index is 1.86. The van der Waals surface area contributed by atoms with Crippen molar-refractivity contribution >= 4 is 0 Å². The van der Waals surface area contributed by atoms with Gasteiger partial charge in [0.25, 0.3) is 0 Å². The molecule has 0 amide bonds. The molecule has 2 nitrogen and oxygen atoms in total. The van der Waals surface area contributed by atoms with Crippen LogP contribution in [0.5, 0.6) is 0 Å². The Morgan fingerprint density at radius 1 is 1.15 bits per heavy atom. The molecule has 0 unspecified atom stereocenters. The molecule has 0 atom stereocenters. The zero-order valence-electron chi connectivity index (χ0n) is 8.85. The van der Waals surface area contributed by atoms with E-state index in [1.54, 1.807) is 0 Å². The highest BCUT2D eigenvalue weighted by Crippen LogP contribution is 2.19. The van der Waals surface area contributed by atoms with Crippen LogP contribution in [0.3, 0.4) is 0 Å². The van der Waals surface area contributed by atoms with Crippen LogP contribution >= 0.6 is 0 Å². The molecule has 0 heterocycles. The van der Waals surface area contributed by atoms with E-state index in [1.165, 1.54) is 38.5 Å². The maximum Gasteiger partial charge on any atom is 0.0594 e. The molecule has 1 saturated carbocycles. The van der Waals surface area contributed by atoms with Crippen LogP contribution in [-0.4, -0.2) is 25.8 Å². The quantitative estimate of drug-likeness (QED) is 0.641. The van der Waals surface area contributed by atoms with Gasteiger partial charge in [-0.15, -0.1) is 0 Å². The number of hydrogen-bond acceptors (Lipinski definition) is 2. The Morgan fingerprint density at radius 3 is 2.62 bits per heavy atom. The van der Waals surface area contributed by atoms with Crippen LogP contribution in [0, 0.1) is 0 Å². The van der Waals surface area contributed by atoms with Gasteiger partial charge in [-0.2, -0.15) is 0 Å². The maximum atomic E-state index is 5.77. The van der Waals surface area contributed by atoms with E-state index in [1.807, 2.05) is 0 Å². The summed E-state index contributed by atoms with van der Waals surface area (Å²) in [5, 5.41) is 3.35. The van der Waals surface area contributed by atoms with E-state index in [2.05, 4.69) is 12.2 Å². The molecular weight excluding hydrogens is 162 g/mol. The fourth-order valence-electron chi connectivity index (χ4n) is 1.83. The SMILES string of the molecule is CCCNCCOC1CCCCC1. The third-order valence-electron chi connectivity index (χ3n) is 2.61. The van der Waals surface area contributed by atoms with Crippen LogP contribution < -0.4 is 5.32 Å². The predicted molar refractivity (Wildman–Crippen MR) is 56.0 cm³/mol. The topological polar surface area (TPSA) is 21.3 Å². The van der Waals surface area contributed by atoms with Crippen molar-refractivity contribution in [2.45, 2.75) is 51.6 Å². The molecule has 0 radical (unpaired) electrons. The van der Waals surface area contributed by atoms with Gasteiger partial charge in [0.05, 0.1) is 12.7 Å². The van der Waals surface area contributed by atoms with E-state index in [9.17, 15) is 0 Å². The summed E-state index contributed by atoms with van der Waals surface area (Å²) in [6.07, 6.45) is 8.50. The lowest BCUT2D eigenvalue weighted by atomic mass is 9.98. The van der Waals surface area contributed by atoms with E-state index >= 15 is 0 Å². The summed E-state index contributed by atoms with van der Waals surface area (Å²) < 4.78 is 5.77. The molecule has 2 heteroatoms. The van der Waals surface area contributed by atoms with Gasteiger partial charge in [-0.25, -0.2) is 0 Å². The third kappa shape index (κ3) is 5.27. The lowest BCUT2D eigenvalue weighted by Crippen LogP contribution is -2.24. The van der Waals surface area contributed by atoms with Gasteiger partial charge in [0, 0.05) is 6.54 Å². The van der Waals surface area contributed by atoms with Crippen LogP contribution in [0.1, 0.15) is 45.4 Å². The number of ether oxygens (including phenoxy) is 1. The Morgan fingerprint density at radius 2 is 1.92 bits per heavy atom. The van der Waals surface area contributed by atoms with Gasteiger partial charge in [0.1, 0.15) is 0 Å². The van der Waals surface area contributed by atoms with Crippen LogP contribution in [0.25, 0.3) is 0 Å². The van der Waals surface area contributed by atoms with Gasteiger partial charge >= 0.3 is 0 Å².